The molecule has 0 spiro atoms. The van der Waals surface area contributed by atoms with E-state index in [1.807, 2.05) is 0 Å². The topological polar surface area (TPSA) is 15.3 Å². The Morgan fingerprint density at radius 1 is 1.16 bits per heavy atom. The van der Waals surface area contributed by atoms with Crippen molar-refractivity contribution in [3.8, 4) is 0 Å². The number of fused-ring (bicyclic) bond motifs is 1. The second-order valence-corrected chi connectivity index (χ2v) is 5.52. The van der Waals surface area contributed by atoms with Gasteiger partial charge in [0.1, 0.15) is 0 Å². The quantitative estimate of drug-likeness (QED) is 0.906. The molecular formula is C17H22N2. The summed E-state index contributed by atoms with van der Waals surface area (Å²) in [6.07, 6.45) is 1.15. The van der Waals surface area contributed by atoms with Gasteiger partial charge in [-0.05, 0) is 29.7 Å². The number of piperazine rings is 1. The Morgan fingerprint density at radius 2 is 2.00 bits per heavy atom. The van der Waals surface area contributed by atoms with Gasteiger partial charge >= 0.3 is 0 Å². The van der Waals surface area contributed by atoms with E-state index >= 15 is 0 Å². The molecule has 0 saturated carbocycles. The van der Waals surface area contributed by atoms with Crippen molar-refractivity contribution in [2.24, 2.45) is 0 Å². The summed E-state index contributed by atoms with van der Waals surface area (Å²) in [5, 5.41) is 6.14. The summed E-state index contributed by atoms with van der Waals surface area (Å²) in [5.74, 6) is 0. The summed E-state index contributed by atoms with van der Waals surface area (Å²) in [6.45, 7) is 6.91. The SMILES string of the molecule is C[C@H]1CNCCN1CCc1ccc2ccccc2c1. The summed E-state index contributed by atoms with van der Waals surface area (Å²) in [6, 6.07) is 16.1. The Kier molecular flexibility index (Phi) is 3.81. The number of hydrogen-bond acceptors (Lipinski definition) is 2. The van der Waals surface area contributed by atoms with E-state index in [4.69, 9.17) is 0 Å². The van der Waals surface area contributed by atoms with Gasteiger partial charge in [-0.15, -0.1) is 0 Å². The van der Waals surface area contributed by atoms with Crippen LogP contribution in [0.5, 0.6) is 0 Å². The van der Waals surface area contributed by atoms with Crippen molar-refractivity contribution in [1.29, 1.82) is 0 Å². The van der Waals surface area contributed by atoms with E-state index in [1.165, 1.54) is 29.4 Å². The van der Waals surface area contributed by atoms with E-state index in [9.17, 15) is 0 Å². The zero-order chi connectivity index (χ0) is 13.1. The summed E-state index contributed by atoms with van der Waals surface area (Å²) in [4.78, 5) is 2.59. The predicted octanol–water partition coefficient (Wildman–Crippen LogP) is 2.68. The molecule has 0 bridgehead atoms. The fourth-order valence-electron chi connectivity index (χ4n) is 2.88. The molecule has 100 valence electrons. The van der Waals surface area contributed by atoms with Crippen molar-refractivity contribution in [1.82, 2.24) is 10.2 Å². The van der Waals surface area contributed by atoms with Crippen LogP contribution in [-0.2, 0) is 6.42 Å². The van der Waals surface area contributed by atoms with Crippen molar-refractivity contribution < 1.29 is 0 Å². The average Bonchev–Trinajstić information content (AvgIpc) is 2.46. The van der Waals surface area contributed by atoms with Crippen molar-refractivity contribution >= 4 is 10.8 Å². The fourth-order valence-corrected chi connectivity index (χ4v) is 2.88. The van der Waals surface area contributed by atoms with Crippen LogP contribution in [0.2, 0.25) is 0 Å². The van der Waals surface area contributed by atoms with Gasteiger partial charge in [-0.3, -0.25) is 4.90 Å². The fraction of sp³-hybridized carbons (Fsp3) is 0.412. The van der Waals surface area contributed by atoms with Crippen molar-refractivity contribution in [3.05, 3.63) is 48.0 Å². The third-order valence-corrected chi connectivity index (χ3v) is 4.14. The number of nitrogens with zero attached hydrogens (tertiary/aromatic N) is 1. The van der Waals surface area contributed by atoms with E-state index in [0.29, 0.717) is 6.04 Å². The average molecular weight is 254 g/mol. The lowest BCUT2D eigenvalue weighted by Crippen LogP contribution is -2.50. The summed E-state index contributed by atoms with van der Waals surface area (Å²) in [7, 11) is 0. The number of nitrogens with one attached hydrogen (secondary N) is 1. The third kappa shape index (κ3) is 2.96. The zero-order valence-electron chi connectivity index (χ0n) is 11.6. The van der Waals surface area contributed by atoms with Gasteiger partial charge < -0.3 is 5.32 Å². The molecule has 1 saturated heterocycles. The van der Waals surface area contributed by atoms with E-state index in [2.05, 4.69) is 59.6 Å². The molecule has 0 unspecified atom stereocenters. The molecule has 1 aliphatic heterocycles. The van der Waals surface area contributed by atoms with E-state index in [0.717, 1.165) is 19.5 Å². The highest BCUT2D eigenvalue weighted by atomic mass is 15.2. The van der Waals surface area contributed by atoms with Crippen molar-refractivity contribution in [2.45, 2.75) is 19.4 Å². The zero-order valence-corrected chi connectivity index (χ0v) is 11.6. The van der Waals surface area contributed by atoms with Crippen molar-refractivity contribution in [2.75, 3.05) is 26.2 Å². The van der Waals surface area contributed by atoms with Gasteiger partial charge in [0.15, 0.2) is 0 Å². The first-order chi connectivity index (χ1) is 9.33. The maximum Gasteiger partial charge on any atom is 0.0193 e. The van der Waals surface area contributed by atoms with Crippen LogP contribution in [-0.4, -0.2) is 37.1 Å². The molecule has 2 aromatic carbocycles. The molecule has 0 amide bonds. The van der Waals surface area contributed by atoms with Gasteiger partial charge in [0.2, 0.25) is 0 Å². The highest BCUT2D eigenvalue weighted by Gasteiger charge is 2.16. The number of benzene rings is 2. The lowest BCUT2D eigenvalue weighted by atomic mass is 10.0. The van der Waals surface area contributed by atoms with Crippen LogP contribution in [0.25, 0.3) is 10.8 Å². The molecule has 0 radical (unpaired) electrons. The van der Waals surface area contributed by atoms with Crippen LogP contribution in [0.3, 0.4) is 0 Å². The van der Waals surface area contributed by atoms with Gasteiger partial charge in [-0.1, -0.05) is 42.5 Å². The molecule has 1 N–H and O–H groups in total. The van der Waals surface area contributed by atoms with Gasteiger partial charge in [0.25, 0.3) is 0 Å². The second-order valence-electron chi connectivity index (χ2n) is 5.52. The lowest BCUT2D eigenvalue weighted by Gasteiger charge is -2.33. The van der Waals surface area contributed by atoms with E-state index in [1.54, 1.807) is 0 Å². The van der Waals surface area contributed by atoms with Gasteiger partial charge in [-0.25, -0.2) is 0 Å². The minimum Gasteiger partial charge on any atom is -0.314 e. The third-order valence-electron chi connectivity index (χ3n) is 4.14. The maximum absolute atomic E-state index is 3.45. The van der Waals surface area contributed by atoms with Crippen molar-refractivity contribution in [3.63, 3.8) is 0 Å². The molecular weight excluding hydrogens is 232 g/mol. The molecule has 19 heavy (non-hydrogen) atoms. The van der Waals surface area contributed by atoms with E-state index < -0.39 is 0 Å². The second kappa shape index (κ2) is 5.72. The molecule has 1 aliphatic rings. The first kappa shape index (κ1) is 12.6. The lowest BCUT2D eigenvalue weighted by molar-refractivity contribution is 0.176. The Balaban J connectivity index is 1.67. The molecule has 3 rings (SSSR count). The van der Waals surface area contributed by atoms with Crippen LogP contribution in [0.15, 0.2) is 42.5 Å². The summed E-state index contributed by atoms with van der Waals surface area (Å²) >= 11 is 0. The van der Waals surface area contributed by atoms with Crippen LogP contribution in [0, 0.1) is 0 Å². The number of rotatable bonds is 3. The Labute approximate surface area is 115 Å². The smallest absolute Gasteiger partial charge is 0.0193 e. The maximum atomic E-state index is 3.45. The highest BCUT2D eigenvalue weighted by Crippen LogP contribution is 2.16. The minimum absolute atomic E-state index is 0.661. The first-order valence-corrected chi connectivity index (χ1v) is 7.25. The van der Waals surface area contributed by atoms with Gasteiger partial charge in [0, 0.05) is 32.2 Å². The van der Waals surface area contributed by atoms with Crippen LogP contribution in [0.4, 0.5) is 0 Å². The molecule has 0 aliphatic carbocycles. The molecule has 1 fully saturated rings. The Hall–Kier alpha value is -1.38. The number of hydrogen-bond donors (Lipinski definition) is 1. The summed E-state index contributed by atoms with van der Waals surface area (Å²) in [5.41, 5.74) is 1.45. The molecule has 2 aromatic rings. The first-order valence-electron chi connectivity index (χ1n) is 7.25. The van der Waals surface area contributed by atoms with Gasteiger partial charge in [0.05, 0.1) is 0 Å². The minimum atomic E-state index is 0.661. The molecule has 2 nitrogen and oxygen atoms in total. The Bertz CT molecular complexity index is 550. The van der Waals surface area contributed by atoms with E-state index in [-0.39, 0.29) is 0 Å². The van der Waals surface area contributed by atoms with Gasteiger partial charge in [-0.2, -0.15) is 0 Å². The highest BCUT2D eigenvalue weighted by molar-refractivity contribution is 5.82. The predicted molar refractivity (Wildman–Crippen MR) is 81.6 cm³/mol. The molecule has 0 aromatic heterocycles. The largest absolute Gasteiger partial charge is 0.314 e. The van der Waals surface area contributed by atoms with Crippen LogP contribution < -0.4 is 5.32 Å². The molecule has 1 heterocycles. The van der Waals surface area contributed by atoms with Crippen LogP contribution in [0.1, 0.15) is 12.5 Å². The Morgan fingerprint density at radius 3 is 2.84 bits per heavy atom. The monoisotopic (exact) mass is 254 g/mol. The summed E-state index contributed by atoms with van der Waals surface area (Å²) < 4.78 is 0. The van der Waals surface area contributed by atoms with Crippen LogP contribution >= 0.6 is 0 Å². The molecule has 2 heteroatoms. The molecule has 1 atom stereocenters. The standard InChI is InChI=1S/C17H22N2/c1-14-13-18-9-11-19(14)10-8-15-6-7-16-4-2-3-5-17(16)12-15/h2-7,12,14,18H,8-11,13H2,1H3/t14-/m0/s1. The normalized spacial score (nSPS) is 20.8.